The molecule has 0 radical (unpaired) electrons. The molecule has 45 heavy (non-hydrogen) atoms. The van der Waals surface area contributed by atoms with Gasteiger partial charge in [0.2, 0.25) is 0 Å². The highest BCUT2D eigenvalue weighted by Crippen LogP contribution is 2.36. The fourth-order valence-electron chi connectivity index (χ4n) is 5.31. The topological polar surface area (TPSA) is 82.6 Å². The lowest BCUT2D eigenvalue weighted by molar-refractivity contribution is -0.137. The van der Waals surface area contributed by atoms with Crippen LogP contribution in [0.15, 0.2) is 96.2 Å². The van der Waals surface area contributed by atoms with Crippen molar-refractivity contribution in [3.63, 3.8) is 0 Å². The number of sulfonamides is 1. The average Bonchev–Trinajstić information content (AvgIpc) is 3.02. The van der Waals surface area contributed by atoms with Gasteiger partial charge in [0.15, 0.2) is 0 Å². The molecule has 1 aliphatic rings. The highest BCUT2D eigenvalue weighted by molar-refractivity contribution is 7.92. The van der Waals surface area contributed by atoms with Gasteiger partial charge in [-0.25, -0.2) is 8.42 Å². The zero-order chi connectivity index (χ0) is 32.0. The Labute approximate surface area is 261 Å². The summed E-state index contributed by atoms with van der Waals surface area (Å²) in [6, 6.07) is 20.1. The second-order valence-electron chi connectivity index (χ2n) is 11.4. The van der Waals surface area contributed by atoms with Crippen LogP contribution in [0.2, 0.25) is 0 Å². The fourth-order valence-corrected chi connectivity index (χ4v) is 6.62. The van der Waals surface area contributed by atoms with Crippen molar-refractivity contribution in [1.29, 1.82) is 0 Å². The third-order valence-electron chi connectivity index (χ3n) is 7.86. The van der Waals surface area contributed by atoms with Crippen LogP contribution < -0.4 is 4.72 Å². The van der Waals surface area contributed by atoms with E-state index >= 15 is 0 Å². The second-order valence-corrected chi connectivity index (χ2v) is 13.0. The highest BCUT2D eigenvalue weighted by Gasteiger charge is 2.33. The van der Waals surface area contributed by atoms with Gasteiger partial charge in [-0.15, -0.1) is 0 Å². The van der Waals surface area contributed by atoms with E-state index in [2.05, 4.69) is 26.6 Å². The van der Waals surface area contributed by atoms with Gasteiger partial charge in [-0.05, 0) is 72.1 Å². The molecule has 11 heteroatoms. The third kappa shape index (κ3) is 8.78. The number of benzene rings is 3. The van der Waals surface area contributed by atoms with Gasteiger partial charge < -0.3 is 4.90 Å². The SMILES string of the molecule is CN1CCN(Cc2cccc(-c3ccc(C(F)(F)F)cc3S(=O)(=O)Nc3ccc(CC(=O)CCc4cccnc4)cc3)c2)CC1. The molecule has 1 aromatic heterocycles. The molecule has 0 unspecified atom stereocenters. The van der Waals surface area contributed by atoms with Crippen molar-refractivity contribution in [3.05, 3.63) is 114 Å². The minimum atomic E-state index is -4.72. The van der Waals surface area contributed by atoms with Crippen LogP contribution in [-0.2, 0) is 40.4 Å². The van der Waals surface area contributed by atoms with Crippen molar-refractivity contribution in [2.75, 3.05) is 37.9 Å². The van der Waals surface area contributed by atoms with Crippen LogP contribution in [0, 0.1) is 0 Å². The minimum absolute atomic E-state index is 0.0237. The van der Waals surface area contributed by atoms with Crippen LogP contribution in [0.3, 0.4) is 0 Å². The highest BCUT2D eigenvalue weighted by atomic mass is 32.2. The summed E-state index contributed by atoms with van der Waals surface area (Å²) in [5.41, 5.74) is 2.41. The maximum atomic E-state index is 13.7. The number of carbonyl (C=O) groups is 1. The standard InChI is InChI=1S/C34H35F3N4O3S/c1-40-16-18-41(19-17-40)24-27-4-2-6-28(20-27)32-14-10-29(34(35,36)37)22-33(32)45(43,44)39-30-11-7-25(8-12-30)21-31(42)13-9-26-5-3-15-38-23-26/h2-8,10-12,14-15,20,22-23,39H,9,13,16-19,21,24H2,1H3. The van der Waals surface area contributed by atoms with E-state index in [0.717, 1.165) is 43.4 Å². The Hall–Kier alpha value is -4.06. The number of nitrogens with zero attached hydrogens (tertiary/aromatic N) is 3. The van der Waals surface area contributed by atoms with Crippen LogP contribution in [0.4, 0.5) is 18.9 Å². The molecule has 1 N–H and O–H groups in total. The number of hydrogen-bond acceptors (Lipinski definition) is 6. The number of alkyl halides is 3. The molecule has 7 nitrogen and oxygen atoms in total. The second kappa shape index (κ2) is 13.9. The van der Waals surface area contributed by atoms with Gasteiger partial charge in [0.25, 0.3) is 10.0 Å². The largest absolute Gasteiger partial charge is 0.416 e. The molecular formula is C34H35F3N4O3S. The van der Waals surface area contributed by atoms with Crippen molar-refractivity contribution in [1.82, 2.24) is 14.8 Å². The van der Waals surface area contributed by atoms with Crippen LogP contribution in [0.5, 0.6) is 0 Å². The van der Waals surface area contributed by atoms with Gasteiger partial charge in [-0.3, -0.25) is 19.4 Å². The van der Waals surface area contributed by atoms with Gasteiger partial charge in [-0.1, -0.05) is 42.5 Å². The Kier molecular flexibility index (Phi) is 10.0. The van der Waals surface area contributed by atoms with E-state index in [4.69, 9.17) is 0 Å². The molecule has 1 aliphatic heterocycles. The van der Waals surface area contributed by atoms with E-state index in [1.807, 2.05) is 24.3 Å². The van der Waals surface area contributed by atoms with Gasteiger partial charge >= 0.3 is 6.18 Å². The molecule has 0 amide bonds. The van der Waals surface area contributed by atoms with E-state index in [-0.39, 0.29) is 23.5 Å². The van der Waals surface area contributed by atoms with Crippen LogP contribution in [-0.4, -0.2) is 62.2 Å². The number of pyridine rings is 1. The zero-order valence-corrected chi connectivity index (χ0v) is 25.7. The summed E-state index contributed by atoms with van der Waals surface area (Å²) in [6.07, 6.45) is -0.247. The Bertz CT molecular complexity index is 1720. The lowest BCUT2D eigenvalue weighted by Crippen LogP contribution is -2.43. The molecule has 236 valence electrons. The van der Waals surface area contributed by atoms with Gasteiger partial charge in [-0.2, -0.15) is 13.2 Å². The number of nitrogens with one attached hydrogen (secondary N) is 1. The molecule has 2 heterocycles. The van der Waals surface area contributed by atoms with Gasteiger partial charge in [0.05, 0.1) is 10.5 Å². The van der Waals surface area contributed by atoms with Crippen molar-refractivity contribution in [2.24, 2.45) is 0 Å². The van der Waals surface area contributed by atoms with Crippen LogP contribution >= 0.6 is 0 Å². The first-order valence-electron chi connectivity index (χ1n) is 14.7. The molecule has 1 fully saturated rings. The predicted molar refractivity (Wildman–Crippen MR) is 168 cm³/mol. The van der Waals surface area contributed by atoms with Crippen LogP contribution in [0.1, 0.15) is 28.7 Å². The lowest BCUT2D eigenvalue weighted by atomic mass is 10.0. The number of likely N-dealkylation sites (N-methyl/N-ethyl adjacent to an activating group) is 1. The number of aryl methyl sites for hydroxylation is 1. The summed E-state index contributed by atoms with van der Waals surface area (Å²) in [6.45, 7) is 4.32. The smallest absolute Gasteiger partial charge is 0.304 e. The van der Waals surface area contributed by atoms with Gasteiger partial charge in [0.1, 0.15) is 5.78 Å². The molecule has 1 saturated heterocycles. The van der Waals surface area contributed by atoms with E-state index in [1.165, 1.54) is 18.2 Å². The summed E-state index contributed by atoms with van der Waals surface area (Å²) in [5.74, 6) is 0.0237. The predicted octanol–water partition coefficient (Wildman–Crippen LogP) is 6.06. The van der Waals surface area contributed by atoms with Crippen molar-refractivity contribution < 1.29 is 26.4 Å². The number of Topliss-reactive ketones (excluding diaryl/α,β-unsaturated/α-hetero) is 1. The normalized spacial score (nSPS) is 14.8. The van der Waals surface area contributed by atoms with E-state index in [1.54, 1.807) is 36.7 Å². The van der Waals surface area contributed by atoms with Gasteiger partial charge in [0, 0.05) is 69.2 Å². The van der Waals surface area contributed by atoms with E-state index in [9.17, 15) is 26.4 Å². The summed E-state index contributed by atoms with van der Waals surface area (Å²) in [4.78, 5) is 20.6. The maximum Gasteiger partial charge on any atom is 0.416 e. The molecule has 3 aromatic carbocycles. The number of rotatable bonds is 11. The lowest BCUT2D eigenvalue weighted by Gasteiger charge is -2.32. The molecule has 4 aromatic rings. The molecule has 0 atom stereocenters. The van der Waals surface area contributed by atoms with E-state index in [0.29, 0.717) is 36.6 Å². The van der Waals surface area contributed by atoms with E-state index < -0.39 is 26.7 Å². The first-order valence-corrected chi connectivity index (χ1v) is 16.2. The summed E-state index contributed by atoms with van der Waals surface area (Å²) >= 11 is 0. The number of ketones is 1. The first-order chi connectivity index (χ1) is 21.5. The monoisotopic (exact) mass is 636 g/mol. The minimum Gasteiger partial charge on any atom is -0.304 e. The molecule has 5 rings (SSSR count). The quantitative estimate of drug-likeness (QED) is 0.216. The number of piperazine rings is 1. The van der Waals surface area contributed by atoms with Crippen molar-refractivity contribution in [2.45, 2.75) is 36.9 Å². The summed E-state index contributed by atoms with van der Waals surface area (Å²) in [5, 5.41) is 0. The summed E-state index contributed by atoms with van der Waals surface area (Å²) in [7, 11) is -2.37. The average molecular weight is 637 g/mol. The summed E-state index contributed by atoms with van der Waals surface area (Å²) < 4.78 is 70.9. The molecule has 0 saturated carbocycles. The Morgan fingerprint density at radius 1 is 0.889 bits per heavy atom. The Morgan fingerprint density at radius 2 is 1.62 bits per heavy atom. The molecule has 0 spiro atoms. The Morgan fingerprint density at radius 3 is 2.31 bits per heavy atom. The molecular weight excluding hydrogens is 601 g/mol. The number of hydrogen-bond donors (Lipinski definition) is 1. The fraction of sp³-hybridized carbons (Fsp3) is 0.294. The first kappa shape index (κ1) is 32.3. The van der Waals surface area contributed by atoms with Crippen molar-refractivity contribution >= 4 is 21.5 Å². The zero-order valence-electron chi connectivity index (χ0n) is 24.9. The van der Waals surface area contributed by atoms with Crippen molar-refractivity contribution in [3.8, 4) is 11.1 Å². The third-order valence-corrected chi connectivity index (χ3v) is 9.28. The number of halogens is 3. The Balaban J connectivity index is 1.34. The maximum absolute atomic E-state index is 13.7. The molecule has 0 bridgehead atoms. The van der Waals surface area contributed by atoms with Crippen LogP contribution in [0.25, 0.3) is 11.1 Å². The number of aromatic nitrogens is 1. The number of carbonyl (C=O) groups excluding carboxylic acids is 1. The number of anilines is 1. The molecule has 0 aliphatic carbocycles.